The fourth-order valence-corrected chi connectivity index (χ4v) is 3.42. The van der Waals surface area contributed by atoms with Crippen molar-refractivity contribution in [1.82, 2.24) is 4.90 Å². The van der Waals surface area contributed by atoms with Gasteiger partial charge in [-0.05, 0) is 37.4 Å². The summed E-state index contributed by atoms with van der Waals surface area (Å²) in [6.07, 6.45) is 5.29. The fraction of sp³-hybridized carbons (Fsp3) is 0.562. The van der Waals surface area contributed by atoms with Crippen LogP contribution in [0.2, 0.25) is 5.02 Å². The molecule has 0 amide bonds. The number of rotatable bonds is 4. The van der Waals surface area contributed by atoms with Crippen LogP contribution in [0.15, 0.2) is 18.2 Å². The monoisotopic (exact) mass is 293 g/mol. The van der Waals surface area contributed by atoms with Crippen LogP contribution in [0.1, 0.15) is 43.7 Å². The van der Waals surface area contributed by atoms with E-state index in [1.807, 2.05) is 12.1 Å². The molecule has 20 heavy (non-hydrogen) atoms. The molecule has 0 spiro atoms. The summed E-state index contributed by atoms with van der Waals surface area (Å²) in [4.78, 5) is 2.42. The van der Waals surface area contributed by atoms with E-state index in [1.54, 1.807) is 6.07 Å². The Balaban J connectivity index is 2.07. The summed E-state index contributed by atoms with van der Waals surface area (Å²) in [6.45, 7) is 3.20. The number of nitrogens with two attached hydrogens (primary N) is 1. The maximum absolute atomic E-state index is 7.44. The number of halogens is 1. The molecule has 3 N–H and O–H groups in total. The molecule has 0 radical (unpaired) electrons. The maximum Gasteiger partial charge on any atom is 0.122 e. The van der Waals surface area contributed by atoms with Crippen LogP contribution >= 0.6 is 11.6 Å². The van der Waals surface area contributed by atoms with Gasteiger partial charge in [0.1, 0.15) is 5.84 Å². The minimum Gasteiger partial charge on any atom is -0.384 e. The first-order valence-electron chi connectivity index (χ1n) is 7.32. The Labute approximate surface area is 126 Å². The predicted molar refractivity (Wildman–Crippen MR) is 85.4 cm³/mol. The van der Waals surface area contributed by atoms with Crippen molar-refractivity contribution in [3.63, 3.8) is 0 Å². The van der Waals surface area contributed by atoms with E-state index in [2.05, 4.69) is 18.9 Å². The highest BCUT2D eigenvalue weighted by molar-refractivity contribution is 6.31. The molecule has 0 heterocycles. The molecule has 1 aliphatic carbocycles. The number of benzene rings is 1. The summed E-state index contributed by atoms with van der Waals surface area (Å²) in [5, 5.41) is 8.14. The summed E-state index contributed by atoms with van der Waals surface area (Å²) in [6, 6.07) is 6.30. The van der Waals surface area contributed by atoms with Gasteiger partial charge in [0, 0.05) is 23.2 Å². The highest BCUT2D eigenvalue weighted by Gasteiger charge is 2.25. The number of amidine groups is 1. The highest BCUT2D eigenvalue weighted by atomic mass is 35.5. The number of nitrogens with one attached hydrogen (secondary N) is 1. The molecule has 4 heteroatoms. The lowest BCUT2D eigenvalue weighted by molar-refractivity contribution is 0.133. The number of nitrogens with zero attached hydrogens (tertiary/aromatic N) is 1. The average molecular weight is 294 g/mol. The predicted octanol–water partition coefficient (Wildman–Crippen LogP) is 3.63. The Morgan fingerprint density at radius 1 is 1.40 bits per heavy atom. The van der Waals surface area contributed by atoms with Gasteiger partial charge in [-0.15, -0.1) is 0 Å². The topological polar surface area (TPSA) is 53.1 Å². The van der Waals surface area contributed by atoms with E-state index in [4.69, 9.17) is 22.7 Å². The van der Waals surface area contributed by atoms with Crippen LogP contribution in [0.5, 0.6) is 0 Å². The van der Waals surface area contributed by atoms with Gasteiger partial charge in [0.15, 0.2) is 0 Å². The molecule has 110 valence electrons. The smallest absolute Gasteiger partial charge is 0.122 e. The molecule has 0 aromatic heterocycles. The second-order valence-electron chi connectivity index (χ2n) is 5.96. The first kappa shape index (κ1) is 15.3. The molecule has 0 saturated heterocycles. The Morgan fingerprint density at radius 2 is 2.10 bits per heavy atom. The fourth-order valence-electron chi connectivity index (χ4n) is 3.18. The Morgan fingerprint density at radius 3 is 2.70 bits per heavy atom. The summed E-state index contributed by atoms with van der Waals surface area (Å²) >= 11 is 6.31. The van der Waals surface area contributed by atoms with Crippen LogP contribution in [0.4, 0.5) is 0 Å². The van der Waals surface area contributed by atoms with E-state index in [0.29, 0.717) is 16.6 Å². The molecule has 1 aromatic rings. The molecular weight excluding hydrogens is 270 g/mol. The molecule has 1 aliphatic rings. The lowest BCUT2D eigenvalue weighted by Crippen LogP contribution is -2.38. The van der Waals surface area contributed by atoms with Gasteiger partial charge < -0.3 is 5.73 Å². The summed E-state index contributed by atoms with van der Waals surface area (Å²) < 4.78 is 0. The Bertz CT molecular complexity index is 487. The van der Waals surface area contributed by atoms with Crippen LogP contribution in [-0.2, 0) is 6.54 Å². The van der Waals surface area contributed by atoms with Gasteiger partial charge in [0.25, 0.3) is 0 Å². The normalized spacial score (nSPS) is 23.0. The molecule has 0 aliphatic heterocycles. The van der Waals surface area contributed by atoms with Crippen LogP contribution in [0.25, 0.3) is 0 Å². The molecular formula is C16H24ClN3. The third kappa shape index (κ3) is 3.53. The summed E-state index contributed by atoms with van der Waals surface area (Å²) in [7, 11) is 2.18. The molecule has 2 atom stereocenters. The Hall–Kier alpha value is -1.06. The van der Waals surface area contributed by atoms with E-state index in [-0.39, 0.29) is 5.84 Å². The van der Waals surface area contributed by atoms with Gasteiger partial charge >= 0.3 is 0 Å². The molecule has 2 unspecified atom stereocenters. The zero-order valence-electron chi connectivity index (χ0n) is 12.3. The third-order valence-electron chi connectivity index (χ3n) is 4.42. The van der Waals surface area contributed by atoms with Gasteiger partial charge in [0.05, 0.1) is 0 Å². The molecule has 1 saturated carbocycles. The second kappa shape index (κ2) is 6.59. The van der Waals surface area contributed by atoms with Crippen molar-refractivity contribution < 1.29 is 0 Å². The highest BCUT2D eigenvalue weighted by Crippen LogP contribution is 2.29. The van der Waals surface area contributed by atoms with Crippen molar-refractivity contribution in [2.45, 2.75) is 45.2 Å². The summed E-state index contributed by atoms with van der Waals surface area (Å²) in [5.41, 5.74) is 7.28. The van der Waals surface area contributed by atoms with Crippen LogP contribution in [0.3, 0.4) is 0 Å². The summed E-state index contributed by atoms with van der Waals surface area (Å²) in [5.74, 6) is 0.816. The Kier molecular flexibility index (Phi) is 5.06. The zero-order chi connectivity index (χ0) is 14.7. The molecule has 0 bridgehead atoms. The van der Waals surface area contributed by atoms with Crippen molar-refractivity contribution in [2.24, 2.45) is 11.7 Å². The molecule has 2 rings (SSSR count). The largest absolute Gasteiger partial charge is 0.384 e. The SMILES string of the molecule is CC1CCCCC1N(C)Cc1ccc(C(=N)N)cc1Cl. The van der Waals surface area contributed by atoms with E-state index in [1.165, 1.54) is 25.7 Å². The van der Waals surface area contributed by atoms with Gasteiger partial charge in [-0.2, -0.15) is 0 Å². The van der Waals surface area contributed by atoms with Gasteiger partial charge in [-0.1, -0.05) is 43.5 Å². The zero-order valence-corrected chi connectivity index (χ0v) is 13.1. The van der Waals surface area contributed by atoms with Gasteiger partial charge in [0.2, 0.25) is 0 Å². The average Bonchev–Trinajstić information content (AvgIpc) is 2.41. The van der Waals surface area contributed by atoms with Crippen LogP contribution in [-0.4, -0.2) is 23.8 Å². The second-order valence-corrected chi connectivity index (χ2v) is 6.37. The van der Waals surface area contributed by atoms with Crippen molar-refractivity contribution in [3.05, 3.63) is 34.3 Å². The molecule has 1 aromatic carbocycles. The van der Waals surface area contributed by atoms with E-state index in [0.717, 1.165) is 18.0 Å². The molecule has 1 fully saturated rings. The van der Waals surface area contributed by atoms with E-state index in [9.17, 15) is 0 Å². The minimum atomic E-state index is 0.0627. The number of hydrogen-bond donors (Lipinski definition) is 2. The van der Waals surface area contributed by atoms with Crippen molar-refractivity contribution in [3.8, 4) is 0 Å². The lowest BCUT2D eigenvalue weighted by atomic mass is 9.85. The van der Waals surface area contributed by atoms with Crippen molar-refractivity contribution in [2.75, 3.05) is 7.05 Å². The minimum absolute atomic E-state index is 0.0627. The van der Waals surface area contributed by atoms with E-state index < -0.39 is 0 Å². The van der Waals surface area contributed by atoms with Crippen LogP contribution < -0.4 is 5.73 Å². The number of hydrogen-bond acceptors (Lipinski definition) is 2. The van der Waals surface area contributed by atoms with Crippen molar-refractivity contribution in [1.29, 1.82) is 5.41 Å². The first-order valence-corrected chi connectivity index (χ1v) is 7.70. The third-order valence-corrected chi connectivity index (χ3v) is 4.77. The van der Waals surface area contributed by atoms with E-state index >= 15 is 0 Å². The quantitative estimate of drug-likeness (QED) is 0.658. The lowest BCUT2D eigenvalue weighted by Gasteiger charge is -2.36. The van der Waals surface area contributed by atoms with Gasteiger partial charge in [-0.25, -0.2) is 0 Å². The maximum atomic E-state index is 7.44. The van der Waals surface area contributed by atoms with Crippen LogP contribution in [0, 0.1) is 11.3 Å². The molecule has 3 nitrogen and oxygen atoms in total. The standard InChI is InChI=1S/C16H24ClN3/c1-11-5-3-4-6-15(11)20(2)10-13-8-7-12(16(18)19)9-14(13)17/h7-9,11,15H,3-6,10H2,1-2H3,(H3,18,19). The van der Waals surface area contributed by atoms with Crippen molar-refractivity contribution >= 4 is 17.4 Å². The number of nitrogen functional groups attached to an aromatic ring is 1. The first-order chi connectivity index (χ1) is 9.49. The van der Waals surface area contributed by atoms with Gasteiger partial charge in [-0.3, -0.25) is 10.3 Å².